The molecule has 4 heteroatoms. The highest BCUT2D eigenvalue weighted by Crippen LogP contribution is 2.24. The van der Waals surface area contributed by atoms with Gasteiger partial charge in [0, 0.05) is 23.5 Å². The third-order valence-corrected chi connectivity index (χ3v) is 2.87. The summed E-state index contributed by atoms with van der Waals surface area (Å²) in [5, 5.41) is 18.6. The number of hydrogen-bond donors (Lipinski definition) is 1. The maximum atomic E-state index is 10.4. The molecule has 0 aromatic carbocycles. The van der Waals surface area contributed by atoms with E-state index in [1.165, 1.54) is 0 Å². The molecule has 2 aromatic heterocycles. The molecule has 0 bridgehead atoms. The summed E-state index contributed by atoms with van der Waals surface area (Å²) in [6.07, 6.45) is 3.51. The Bertz CT molecular complexity index is 554. The Hall–Kier alpha value is -1.81. The van der Waals surface area contributed by atoms with Crippen molar-refractivity contribution in [3.8, 4) is 0 Å². The van der Waals surface area contributed by atoms with Crippen LogP contribution in [0.5, 0.6) is 0 Å². The molecule has 1 atom stereocenters. The molecule has 0 aliphatic heterocycles. The van der Waals surface area contributed by atoms with Gasteiger partial charge >= 0.3 is 0 Å². The lowest BCUT2D eigenvalue weighted by Gasteiger charge is -2.14. The highest BCUT2D eigenvalue weighted by atomic mass is 16.3. The number of nitrogens with zero attached hydrogens (tertiary/aromatic N) is 3. The molecule has 0 radical (unpaired) electrons. The molecule has 0 fully saturated rings. The summed E-state index contributed by atoms with van der Waals surface area (Å²) in [5.41, 5.74) is 4.27. The minimum atomic E-state index is -0.693. The average Bonchev–Trinajstić information content (AvgIpc) is 2.38. The van der Waals surface area contributed by atoms with Crippen molar-refractivity contribution in [3.05, 3.63) is 52.6 Å². The van der Waals surface area contributed by atoms with E-state index in [9.17, 15) is 5.11 Å². The van der Waals surface area contributed by atoms with E-state index in [0.717, 1.165) is 34.5 Å². The summed E-state index contributed by atoms with van der Waals surface area (Å²) in [6, 6.07) is 3.83. The van der Waals surface area contributed by atoms with E-state index < -0.39 is 6.10 Å². The summed E-state index contributed by atoms with van der Waals surface area (Å²) in [6.45, 7) is 5.83. The van der Waals surface area contributed by atoms with Crippen LogP contribution in [0, 0.1) is 13.8 Å². The number of hydrogen-bond acceptors (Lipinski definition) is 4. The molecule has 4 nitrogen and oxygen atoms in total. The molecule has 0 aliphatic carbocycles. The Kier molecular flexibility index (Phi) is 3.67. The molecule has 0 spiro atoms. The van der Waals surface area contributed by atoms with Crippen LogP contribution in [0.25, 0.3) is 0 Å². The van der Waals surface area contributed by atoms with Crippen molar-refractivity contribution in [2.45, 2.75) is 33.3 Å². The predicted octanol–water partition coefficient (Wildman–Crippen LogP) is 2.13. The summed E-state index contributed by atoms with van der Waals surface area (Å²) < 4.78 is 0. The van der Waals surface area contributed by atoms with Gasteiger partial charge in [0.05, 0.1) is 11.4 Å². The van der Waals surface area contributed by atoms with Crippen LogP contribution in [0.15, 0.2) is 24.5 Å². The van der Waals surface area contributed by atoms with Gasteiger partial charge in [0.25, 0.3) is 0 Å². The second kappa shape index (κ2) is 5.23. The zero-order chi connectivity index (χ0) is 13.1. The van der Waals surface area contributed by atoms with Gasteiger partial charge in [-0.15, -0.1) is 0 Å². The lowest BCUT2D eigenvalue weighted by Crippen LogP contribution is -2.08. The lowest BCUT2D eigenvalue weighted by molar-refractivity contribution is 0.217. The quantitative estimate of drug-likeness (QED) is 0.897. The van der Waals surface area contributed by atoms with Crippen molar-refractivity contribution >= 4 is 0 Å². The number of aromatic nitrogens is 3. The molecular weight excluding hydrogens is 226 g/mol. The van der Waals surface area contributed by atoms with E-state index in [1.54, 1.807) is 12.4 Å². The Balaban J connectivity index is 2.44. The second-order valence-corrected chi connectivity index (χ2v) is 4.44. The molecule has 18 heavy (non-hydrogen) atoms. The largest absolute Gasteiger partial charge is 0.384 e. The molecule has 2 heterocycles. The monoisotopic (exact) mass is 243 g/mol. The van der Waals surface area contributed by atoms with Gasteiger partial charge in [-0.2, -0.15) is 10.2 Å². The minimum absolute atomic E-state index is 0.693. The molecule has 2 aromatic rings. The maximum Gasteiger partial charge on any atom is 0.107 e. The Labute approximate surface area is 107 Å². The van der Waals surface area contributed by atoms with Crippen molar-refractivity contribution in [1.82, 2.24) is 15.2 Å². The highest BCUT2D eigenvalue weighted by molar-refractivity contribution is 5.32. The van der Waals surface area contributed by atoms with E-state index in [1.807, 2.05) is 32.9 Å². The lowest BCUT2D eigenvalue weighted by atomic mass is 9.99. The zero-order valence-electron chi connectivity index (χ0n) is 10.9. The van der Waals surface area contributed by atoms with E-state index in [0.29, 0.717) is 0 Å². The first-order valence-corrected chi connectivity index (χ1v) is 6.04. The third kappa shape index (κ3) is 2.54. The van der Waals surface area contributed by atoms with E-state index >= 15 is 0 Å². The highest BCUT2D eigenvalue weighted by Gasteiger charge is 2.16. The molecular formula is C14H17N3O. The van der Waals surface area contributed by atoms with Gasteiger partial charge in [0.15, 0.2) is 0 Å². The van der Waals surface area contributed by atoms with Crippen LogP contribution < -0.4 is 0 Å². The number of aliphatic hydroxyl groups is 1. The Morgan fingerprint density at radius 1 is 1.17 bits per heavy atom. The van der Waals surface area contributed by atoms with Gasteiger partial charge in [-0.1, -0.05) is 13.0 Å². The van der Waals surface area contributed by atoms with Crippen molar-refractivity contribution in [2.24, 2.45) is 0 Å². The van der Waals surface area contributed by atoms with Gasteiger partial charge in [0.2, 0.25) is 0 Å². The van der Waals surface area contributed by atoms with Gasteiger partial charge in [-0.05, 0) is 31.9 Å². The van der Waals surface area contributed by atoms with Crippen molar-refractivity contribution < 1.29 is 5.11 Å². The van der Waals surface area contributed by atoms with Gasteiger partial charge in [0.1, 0.15) is 6.10 Å². The van der Waals surface area contributed by atoms with Gasteiger partial charge in [-0.25, -0.2) is 0 Å². The standard InChI is InChI=1S/C14H17N3O/c1-4-13-12(6-10(3)16-17-13)14(18)11-5-9(2)7-15-8-11/h5-8,14,18H,4H2,1-3H3. The predicted molar refractivity (Wildman–Crippen MR) is 69.2 cm³/mol. The SMILES string of the molecule is CCc1nnc(C)cc1C(O)c1cncc(C)c1. The average molecular weight is 243 g/mol. The summed E-state index contributed by atoms with van der Waals surface area (Å²) in [7, 11) is 0. The minimum Gasteiger partial charge on any atom is -0.384 e. The van der Waals surface area contributed by atoms with E-state index in [2.05, 4.69) is 15.2 Å². The summed E-state index contributed by atoms with van der Waals surface area (Å²) in [5.74, 6) is 0. The van der Waals surface area contributed by atoms with Crippen LogP contribution in [0.1, 0.15) is 41.1 Å². The van der Waals surface area contributed by atoms with Crippen molar-refractivity contribution in [3.63, 3.8) is 0 Å². The molecule has 0 aliphatic rings. The van der Waals surface area contributed by atoms with Crippen LogP contribution in [-0.4, -0.2) is 20.3 Å². The molecule has 0 amide bonds. The van der Waals surface area contributed by atoms with Crippen molar-refractivity contribution in [2.75, 3.05) is 0 Å². The normalized spacial score (nSPS) is 12.4. The molecule has 0 saturated carbocycles. The number of pyridine rings is 1. The first-order chi connectivity index (χ1) is 8.61. The molecule has 1 unspecified atom stereocenters. The summed E-state index contributed by atoms with van der Waals surface area (Å²) >= 11 is 0. The third-order valence-electron chi connectivity index (χ3n) is 2.87. The zero-order valence-corrected chi connectivity index (χ0v) is 10.9. The van der Waals surface area contributed by atoms with E-state index in [-0.39, 0.29) is 0 Å². The second-order valence-electron chi connectivity index (χ2n) is 4.44. The molecule has 94 valence electrons. The number of aliphatic hydroxyl groups excluding tert-OH is 1. The van der Waals surface area contributed by atoms with Crippen LogP contribution in [-0.2, 0) is 6.42 Å². The van der Waals surface area contributed by atoms with E-state index in [4.69, 9.17) is 0 Å². The molecule has 1 N–H and O–H groups in total. The fourth-order valence-corrected chi connectivity index (χ4v) is 1.95. The van der Waals surface area contributed by atoms with Gasteiger partial charge in [-0.3, -0.25) is 4.98 Å². The smallest absolute Gasteiger partial charge is 0.107 e. The van der Waals surface area contributed by atoms with Crippen LogP contribution >= 0.6 is 0 Å². The van der Waals surface area contributed by atoms with Crippen LogP contribution in [0.4, 0.5) is 0 Å². The van der Waals surface area contributed by atoms with Crippen LogP contribution in [0.3, 0.4) is 0 Å². The Morgan fingerprint density at radius 2 is 1.94 bits per heavy atom. The van der Waals surface area contributed by atoms with Gasteiger partial charge < -0.3 is 5.11 Å². The van der Waals surface area contributed by atoms with Crippen molar-refractivity contribution in [1.29, 1.82) is 0 Å². The molecule has 2 rings (SSSR count). The number of rotatable bonds is 3. The fourth-order valence-electron chi connectivity index (χ4n) is 1.95. The fraction of sp³-hybridized carbons (Fsp3) is 0.357. The number of aryl methyl sites for hydroxylation is 3. The first-order valence-electron chi connectivity index (χ1n) is 6.04. The maximum absolute atomic E-state index is 10.4. The molecule has 0 saturated heterocycles. The Morgan fingerprint density at radius 3 is 2.61 bits per heavy atom. The first kappa shape index (κ1) is 12.6. The summed E-state index contributed by atoms with van der Waals surface area (Å²) in [4.78, 5) is 4.11. The topological polar surface area (TPSA) is 58.9 Å². The van der Waals surface area contributed by atoms with Crippen LogP contribution in [0.2, 0.25) is 0 Å².